The van der Waals surface area contributed by atoms with Gasteiger partial charge in [0.25, 0.3) is 0 Å². The molecule has 0 radical (unpaired) electrons. The van der Waals surface area contributed by atoms with Gasteiger partial charge in [0.1, 0.15) is 0 Å². The predicted molar refractivity (Wildman–Crippen MR) is 206 cm³/mol. The van der Waals surface area contributed by atoms with Gasteiger partial charge in [-0.1, -0.05) is 176 Å². The van der Waals surface area contributed by atoms with E-state index >= 15 is 0 Å². The summed E-state index contributed by atoms with van der Waals surface area (Å²) in [5, 5.41) is 2.46. The molecule has 9 rings (SSSR count). The molecule has 49 heavy (non-hydrogen) atoms. The first-order valence-corrected chi connectivity index (χ1v) is 17.3. The fourth-order valence-electron chi connectivity index (χ4n) is 6.68. The molecule has 230 valence electrons. The highest BCUT2D eigenvalue weighted by Gasteiger charge is 2.19. The van der Waals surface area contributed by atoms with E-state index in [1.807, 2.05) is 23.9 Å². The van der Waals surface area contributed by atoms with E-state index in [1.54, 1.807) is 0 Å². The molecule has 3 heteroatoms. The lowest BCUT2D eigenvalue weighted by atomic mass is 9.93. The average Bonchev–Trinajstić information content (AvgIpc) is 3.20. The molecular weight excluding hydrogens is 613 g/mol. The maximum Gasteiger partial charge on any atom is 0.160 e. The van der Waals surface area contributed by atoms with Crippen LogP contribution in [0.15, 0.2) is 180 Å². The van der Waals surface area contributed by atoms with Crippen LogP contribution in [0.4, 0.5) is 0 Å². The highest BCUT2D eigenvalue weighted by atomic mass is 32.2. The molecule has 2 nitrogen and oxygen atoms in total. The Labute approximate surface area is 290 Å². The van der Waals surface area contributed by atoms with E-state index in [9.17, 15) is 0 Å². The van der Waals surface area contributed by atoms with Gasteiger partial charge in [0, 0.05) is 26.5 Å². The van der Waals surface area contributed by atoms with Crippen LogP contribution in [-0.2, 0) is 0 Å². The first-order valence-electron chi connectivity index (χ1n) is 16.5. The molecule has 2 heterocycles. The van der Waals surface area contributed by atoms with Crippen molar-refractivity contribution < 1.29 is 0 Å². The van der Waals surface area contributed by atoms with Crippen LogP contribution >= 0.6 is 11.8 Å². The van der Waals surface area contributed by atoms with Crippen molar-refractivity contribution in [3.05, 3.63) is 181 Å². The zero-order valence-electron chi connectivity index (χ0n) is 26.6. The van der Waals surface area contributed by atoms with Gasteiger partial charge >= 0.3 is 0 Å². The monoisotopic (exact) mass is 642 g/mol. The Morgan fingerprint density at radius 2 is 1.00 bits per heavy atom. The van der Waals surface area contributed by atoms with Crippen LogP contribution < -0.4 is 0 Å². The molecule has 0 bridgehead atoms. The zero-order chi connectivity index (χ0) is 32.6. The summed E-state index contributed by atoms with van der Waals surface area (Å²) in [6.45, 7) is 0. The molecule has 1 aliphatic heterocycles. The van der Waals surface area contributed by atoms with Crippen LogP contribution in [0.5, 0.6) is 0 Å². The van der Waals surface area contributed by atoms with Gasteiger partial charge in [-0.2, -0.15) is 0 Å². The summed E-state index contributed by atoms with van der Waals surface area (Å²) in [6.07, 6.45) is 4.51. The molecule has 0 fully saturated rings. The fourth-order valence-corrected chi connectivity index (χ4v) is 7.92. The number of nitrogens with zero attached hydrogens (tertiary/aromatic N) is 2. The highest BCUT2D eigenvalue weighted by Crippen LogP contribution is 2.47. The lowest BCUT2D eigenvalue weighted by Gasteiger charge is -2.17. The van der Waals surface area contributed by atoms with Crippen molar-refractivity contribution in [1.29, 1.82) is 0 Å². The van der Waals surface area contributed by atoms with Crippen molar-refractivity contribution in [3.63, 3.8) is 0 Å². The number of rotatable bonds is 3. The standard InChI is InChI=1S/C46H30N2S/c1-3-15-34(16-4-1)42-30-43(35-17-5-2-6-18-35)48-46(47-42)36-26-25-33-24-23-31-13-7-9-19-37(31)39-21-11-12-22-44(39)49-45-38-20-10-8-14-32(38)27-28-40(45)41(33)29-36/h1-30H/b24-23-. The summed E-state index contributed by atoms with van der Waals surface area (Å²) in [5.41, 5.74) is 12.0. The smallest absolute Gasteiger partial charge is 0.160 e. The Kier molecular flexibility index (Phi) is 7.45. The second-order valence-electron chi connectivity index (χ2n) is 12.2. The molecule has 0 saturated heterocycles. The van der Waals surface area contributed by atoms with Crippen molar-refractivity contribution in [2.75, 3.05) is 0 Å². The first-order chi connectivity index (χ1) is 24.3. The number of hydrogen-bond acceptors (Lipinski definition) is 3. The second-order valence-corrected chi connectivity index (χ2v) is 13.2. The van der Waals surface area contributed by atoms with E-state index in [2.05, 4.69) is 170 Å². The maximum absolute atomic E-state index is 5.17. The summed E-state index contributed by atoms with van der Waals surface area (Å²) in [5.74, 6) is 0.701. The third kappa shape index (κ3) is 5.54. The minimum absolute atomic E-state index is 0.701. The summed E-state index contributed by atoms with van der Waals surface area (Å²) in [4.78, 5) is 12.8. The molecule has 0 atom stereocenters. The van der Waals surface area contributed by atoms with Gasteiger partial charge in [-0.25, -0.2) is 9.97 Å². The summed E-state index contributed by atoms with van der Waals surface area (Å²) in [6, 6.07) is 60.2. The predicted octanol–water partition coefficient (Wildman–Crippen LogP) is 12.6. The van der Waals surface area contributed by atoms with Crippen molar-refractivity contribution in [2.45, 2.75) is 9.79 Å². The van der Waals surface area contributed by atoms with Gasteiger partial charge in [0.05, 0.1) is 11.4 Å². The van der Waals surface area contributed by atoms with E-state index in [-0.39, 0.29) is 0 Å². The third-order valence-electron chi connectivity index (χ3n) is 9.14. The lowest BCUT2D eigenvalue weighted by molar-refractivity contribution is 1.18. The van der Waals surface area contributed by atoms with Crippen LogP contribution in [0.2, 0.25) is 0 Å². The minimum atomic E-state index is 0.701. The number of benzene rings is 7. The molecule has 0 amide bonds. The quantitative estimate of drug-likeness (QED) is 0.192. The second kappa shape index (κ2) is 12.5. The number of hydrogen-bond donors (Lipinski definition) is 0. The van der Waals surface area contributed by atoms with Gasteiger partial charge in [-0.3, -0.25) is 0 Å². The largest absolute Gasteiger partial charge is 0.228 e. The highest BCUT2D eigenvalue weighted by molar-refractivity contribution is 7.99. The molecule has 0 saturated carbocycles. The summed E-state index contributed by atoms with van der Waals surface area (Å²) in [7, 11) is 0. The van der Waals surface area contributed by atoms with Crippen molar-refractivity contribution in [1.82, 2.24) is 9.97 Å². The van der Waals surface area contributed by atoms with E-state index in [0.29, 0.717) is 5.82 Å². The van der Waals surface area contributed by atoms with Crippen molar-refractivity contribution >= 4 is 34.7 Å². The fraction of sp³-hybridized carbons (Fsp3) is 0. The number of aromatic nitrogens is 2. The molecule has 8 aromatic rings. The van der Waals surface area contributed by atoms with E-state index in [1.165, 1.54) is 42.8 Å². The molecular formula is C46H30N2S. The van der Waals surface area contributed by atoms with Crippen LogP contribution in [0.1, 0.15) is 11.1 Å². The Morgan fingerprint density at radius 1 is 0.388 bits per heavy atom. The summed E-state index contributed by atoms with van der Waals surface area (Å²) >= 11 is 1.85. The van der Waals surface area contributed by atoms with E-state index < -0.39 is 0 Å². The SMILES string of the molecule is C1=C\c2ccc(-c3nc(-c4ccccc4)cc(-c4ccccc4)n3)cc2-c2ccc3ccccc3c2Sc2ccccc2-c2ccccc2/1. The average molecular weight is 643 g/mol. The van der Waals surface area contributed by atoms with Gasteiger partial charge in [-0.05, 0) is 62.4 Å². The maximum atomic E-state index is 5.17. The molecule has 7 aromatic carbocycles. The van der Waals surface area contributed by atoms with Crippen molar-refractivity contribution in [2.24, 2.45) is 0 Å². The molecule has 1 aliphatic rings. The van der Waals surface area contributed by atoms with Gasteiger partial charge in [0.2, 0.25) is 0 Å². The van der Waals surface area contributed by atoms with Gasteiger partial charge < -0.3 is 0 Å². The molecule has 0 spiro atoms. The van der Waals surface area contributed by atoms with Crippen LogP contribution in [0.25, 0.3) is 79.1 Å². The topological polar surface area (TPSA) is 25.8 Å². The Hall–Kier alpha value is -6.03. The zero-order valence-corrected chi connectivity index (χ0v) is 27.4. The first kappa shape index (κ1) is 29.1. The van der Waals surface area contributed by atoms with Crippen LogP contribution in [0, 0.1) is 0 Å². The summed E-state index contributed by atoms with van der Waals surface area (Å²) < 4.78 is 0. The molecule has 0 unspecified atom stereocenters. The molecule has 0 N–H and O–H groups in total. The third-order valence-corrected chi connectivity index (χ3v) is 10.4. The Bertz CT molecular complexity index is 2460. The van der Waals surface area contributed by atoms with Crippen molar-refractivity contribution in [3.8, 4) is 56.2 Å². The Morgan fingerprint density at radius 3 is 1.76 bits per heavy atom. The number of fused-ring (bicyclic) bond motifs is 8. The lowest BCUT2D eigenvalue weighted by Crippen LogP contribution is -1.97. The van der Waals surface area contributed by atoms with E-state index in [4.69, 9.17) is 9.97 Å². The van der Waals surface area contributed by atoms with E-state index in [0.717, 1.165) is 39.2 Å². The Balaban J connectivity index is 1.30. The van der Waals surface area contributed by atoms with Gasteiger partial charge in [-0.15, -0.1) is 0 Å². The minimum Gasteiger partial charge on any atom is -0.228 e. The van der Waals surface area contributed by atoms with Crippen LogP contribution in [-0.4, -0.2) is 9.97 Å². The normalized spacial score (nSPS) is 12.6. The molecule has 1 aromatic heterocycles. The van der Waals surface area contributed by atoms with Crippen LogP contribution in [0.3, 0.4) is 0 Å². The molecule has 0 aliphatic carbocycles. The van der Waals surface area contributed by atoms with Gasteiger partial charge in [0.15, 0.2) is 5.82 Å².